The van der Waals surface area contributed by atoms with Gasteiger partial charge in [-0.1, -0.05) is 0 Å². The third-order valence-corrected chi connectivity index (χ3v) is 2.21. The first-order valence-electron chi connectivity index (χ1n) is 4.58. The molecule has 0 aliphatic carbocycles. The Kier molecular flexibility index (Phi) is 2.63. The van der Waals surface area contributed by atoms with Crippen LogP contribution in [0.2, 0.25) is 0 Å². The molecule has 0 saturated carbocycles. The van der Waals surface area contributed by atoms with E-state index in [2.05, 4.69) is 0 Å². The molecule has 1 aromatic carbocycles. The molecule has 17 heavy (non-hydrogen) atoms. The highest BCUT2D eigenvalue weighted by Gasteiger charge is 2.14. The normalized spacial score (nSPS) is 11.0. The van der Waals surface area contributed by atoms with Crippen LogP contribution in [0.4, 0.5) is 8.78 Å². The Morgan fingerprint density at radius 1 is 1.29 bits per heavy atom. The summed E-state index contributed by atoms with van der Waals surface area (Å²) in [6.07, 6.45) is -2.88. The Balaban J connectivity index is 2.73. The van der Waals surface area contributed by atoms with Crippen molar-refractivity contribution in [2.24, 2.45) is 0 Å². The number of hydrogen-bond acceptors (Lipinski definition) is 3. The predicted octanol–water partition coefficient (Wildman–Crippen LogP) is 2.43. The number of fused-ring (bicyclic) bond motifs is 1. The molecule has 0 atom stereocenters. The van der Waals surface area contributed by atoms with Gasteiger partial charge >= 0.3 is 5.97 Å². The number of carboxylic acid groups (broad SMARTS) is 1. The van der Waals surface area contributed by atoms with E-state index >= 15 is 0 Å². The molecule has 2 aromatic rings. The van der Waals surface area contributed by atoms with Gasteiger partial charge in [0, 0.05) is 6.07 Å². The standard InChI is InChI=1S/C11H6F2O4/c12-10(13)9-4-7(14)6-3-5(11(15)16)1-2-8(6)17-9/h1-4,10H,(H,15,16). The third-order valence-electron chi connectivity index (χ3n) is 2.21. The molecule has 1 heterocycles. The molecule has 1 aromatic heterocycles. The maximum absolute atomic E-state index is 12.4. The Morgan fingerprint density at radius 2 is 2.00 bits per heavy atom. The summed E-state index contributed by atoms with van der Waals surface area (Å²) < 4.78 is 29.5. The van der Waals surface area contributed by atoms with Gasteiger partial charge in [-0.05, 0) is 18.2 Å². The molecule has 0 unspecified atom stereocenters. The van der Waals surface area contributed by atoms with Crippen LogP contribution in [0, 0.1) is 0 Å². The fourth-order valence-corrected chi connectivity index (χ4v) is 1.42. The zero-order valence-electron chi connectivity index (χ0n) is 8.31. The van der Waals surface area contributed by atoms with Gasteiger partial charge in [0.2, 0.25) is 0 Å². The summed E-state index contributed by atoms with van der Waals surface area (Å²) in [5.74, 6) is -1.94. The topological polar surface area (TPSA) is 67.5 Å². The van der Waals surface area contributed by atoms with E-state index in [9.17, 15) is 18.4 Å². The van der Waals surface area contributed by atoms with Crippen molar-refractivity contribution in [2.75, 3.05) is 0 Å². The van der Waals surface area contributed by atoms with Crippen LogP contribution in [-0.4, -0.2) is 11.1 Å². The fraction of sp³-hybridized carbons (Fsp3) is 0.0909. The van der Waals surface area contributed by atoms with Crippen molar-refractivity contribution < 1.29 is 23.1 Å². The Hall–Kier alpha value is -2.24. The van der Waals surface area contributed by atoms with Crippen LogP contribution in [-0.2, 0) is 0 Å². The van der Waals surface area contributed by atoms with Crippen molar-refractivity contribution in [1.82, 2.24) is 0 Å². The summed E-state index contributed by atoms with van der Waals surface area (Å²) in [5, 5.41) is 8.69. The molecule has 0 saturated heterocycles. The lowest BCUT2D eigenvalue weighted by molar-refractivity contribution is 0.0697. The second-order valence-corrected chi connectivity index (χ2v) is 3.33. The Morgan fingerprint density at radius 3 is 2.59 bits per heavy atom. The van der Waals surface area contributed by atoms with Gasteiger partial charge in [-0.3, -0.25) is 4.79 Å². The fourth-order valence-electron chi connectivity index (χ4n) is 1.42. The molecule has 88 valence electrons. The number of benzene rings is 1. The number of aromatic carboxylic acids is 1. The number of carbonyl (C=O) groups is 1. The summed E-state index contributed by atoms with van der Waals surface area (Å²) in [5.41, 5.74) is -0.850. The van der Waals surface area contributed by atoms with Gasteiger partial charge in [0.05, 0.1) is 10.9 Å². The number of carboxylic acids is 1. The number of rotatable bonds is 2. The minimum absolute atomic E-state index is 0.0331. The van der Waals surface area contributed by atoms with Crippen LogP contribution in [0.5, 0.6) is 0 Å². The minimum atomic E-state index is -2.88. The van der Waals surface area contributed by atoms with Crippen LogP contribution in [0.15, 0.2) is 33.5 Å². The molecular formula is C11H6F2O4. The van der Waals surface area contributed by atoms with E-state index in [0.717, 1.165) is 6.07 Å². The van der Waals surface area contributed by atoms with Crippen molar-refractivity contribution in [3.05, 3.63) is 45.8 Å². The number of alkyl halides is 2. The molecule has 0 fully saturated rings. The molecule has 0 radical (unpaired) electrons. The molecule has 1 N–H and O–H groups in total. The zero-order chi connectivity index (χ0) is 12.6. The van der Waals surface area contributed by atoms with Gasteiger partial charge in [0.25, 0.3) is 6.43 Å². The van der Waals surface area contributed by atoms with E-state index < -0.39 is 23.6 Å². The molecule has 0 aliphatic heterocycles. The molecule has 4 nitrogen and oxygen atoms in total. The lowest BCUT2D eigenvalue weighted by Crippen LogP contribution is -2.04. The van der Waals surface area contributed by atoms with Crippen molar-refractivity contribution in [1.29, 1.82) is 0 Å². The first-order valence-corrected chi connectivity index (χ1v) is 4.58. The highest BCUT2D eigenvalue weighted by molar-refractivity contribution is 5.92. The van der Waals surface area contributed by atoms with Gasteiger partial charge in [-0.25, -0.2) is 13.6 Å². The van der Waals surface area contributed by atoms with Crippen LogP contribution in [0.25, 0.3) is 11.0 Å². The first-order chi connectivity index (χ1) is 7.99. The van der Waals surface area contributed by atoms with Crippen LogP contribution in [0.3, 0.4) is 0 Å². The predicted molar refractivity (Wildman–Crippen MR) is 54.4 cm³/mol. The second kappa shape index (κ2) is 3.97. The molecule has 6 heteroatoms. The van der Waals surface area contributed by atoms with Crippen LogP contribution in [0.1, 0.15) is 22.5 Å². The average Bonchev–Trinajstić information content (AvgIpc) is 2.28. The van der Waals surface area contributed by atoms with Crippen molar-refractivity contribution in [3.8, 4) is 0 Å². The zero-order valence-corrected chi connectivity index (χ0v) is 8.31. The van der Waals surface area contributed by atoms with Crippen molar-refractivity contribution in [2.45, 2.75) is 6.43 Å². The second-order valence-electron chi connectivity index (χ2n) is 3.33. The lowest BCUT2D eigenvalue weighted by Gasteiger charge is -2.02. The van der Waals surface area contributed by atoms with E-state index in [1.807, 2.05) is 0 Å². The first kappa shape index (κ1) is 11.3. The monoisotopic (exact) mass is 240 g/mol. The Bertz CT molecular complexity index is 645. The van der Waals surface area contributed by atoms with E-state index in [-0.39, 0.29) is 16.5 Å². The lowest BCUT2D eigenvalue weighted by atomic mass is 10.1. The molecule has 0 amide bonds. The third kappa shape index (κ3) is 2.01. The van der Waals surface area contributed by atoms with Gasteiger partial charge in [-0.2, -0.15) is 0 Å². The molecule has 0 spiro atoms. The highest BCUT2D eigenvalue weighted by Crippen LogP contribution is 2.21. The summed E-state index contributed by atoms with van der Waals surface area (Å²) in [4.78, 5) is 22.2. The molecule has 0 bridgehead atoms. The summed E-state index contributed by atoms with van der Waals surface area (Å²) in [6, 6.07) is 4.13. The van der Waals surface area contributed by atoms with Gasteiger partial charge < -0.3 is 9.52 Å². The molecular weight excluding hydrogens is 234 g/mol. The van der Waals surface area contributed by atoms with Gasteiger partial charge in [-0.15, -0.1) is 0 Å². The van der Waals surface area contributed by atoms with E-state index in [1.165, 1.54) is 12.1 Å². The summed E-state index contributed by atoms with van der Waals surface area (Å²) in [6.45, 7) is 0. The largest absolute Gasteiger partial charge is 0.478 e. The molecule has 0 aliphatic rings. The van der Waals surface area contributed by atoms with Crippen LogP contribution < -0.4 is 5.43 Å². The summed E-state index contributed by atoms with van der Waals surface area (Å²) >= 11 is 0. The molecule has 2 rings (SSSR count). The van der Waals surface area contributed by atoms with Gasteiger partial charge in [0.1, 0.15) is 5.58 Å². The quantitative estimate of drug-likeness (QED) is 0.875. The van der Waals surface area contributed by atoms with Crippen molar-refractivity contribution >= 4 is 16.9 Å². The maximum Gasteiger partial charge on any atom is 0.335 e. The summed E-state index contributed by atoms with van der Waals surface area (Å²) in [7, 11) is 0. The van der Waals surface area contributed by atoms with E-state index in [1.54, 1.807) is 0 Å². The number of hydrogen-bond donors (Lipinski definition) is 1. The maximum atomic E-state index is 12.4. The van der Waals surface area contributed by atoms with E-state index in [0.29, 0.717) is 6.07 Å². The highest BCUT2D eigenvalue weighted by atomic mass is 19.3. The van der Waals surface area contributed by atoms with Gasteiger partial charge in [0.15, 0.2) is 11.2 Å². The minimum Gasteiger partial charge on any atom is -0.478 e. The average molecular weight is 240 g/mol. The van der Waals surface area contributed by atoms with Crippen LogP contribution >= 0.6 is 0 Å². The smallest absolute Gasteiger partial charge is 0.335 e. The Labute approximate surface area is 93.1 Å². The van der Waals surface area contributed by atoms with E-state index in [4.69, 9.17) is 9.52 Å². The van der Waals surface area contributed by atoms with Crippen molar-refractivity contribution in [3.63, 3.8) is 0 Å². The SMILES string of the molecule is O=C(O)c1ccc2oc(C(F)F)cc(=O)c2c1. The number of halogens is 2.